The number of rotatable bonds is 6. The summed E-state index contributed by atoms with van der Waals surface area (Å²) >= 11 is 0. The second-order valence-corrected chi connectivity index (χ2v) is 7.26. The van der Waals surface area contributed by atoms with Crippen LogP contribution in [-0.2, 0) is 6.42 Å². The minimum absolute atomic E-state index is 0.128. The van der Waals surface area contributed by atoms with Crippen molar-refractivity contribution in [2.75, 3.05) is 41.7 Å². The molecule has 2 aromatic carbocycles. The molecule has 0 fully saturated rings. The zero-order valence-corrected chi connectivity index (χ0v) is 17.4. The Kier molecular flexibility index (Phi) is 5.44. The molecule has 30 heavy (non-hydrogen) atoms. The van der Waals surface area contributed by atoms with Crippen molar-refractivity contribution < 1.29 is 33.6 Å². The Morgan fingerprint density at radius 1 is 1.17 bits per heavy atom. The molecule has 160 valence electrons. The van der Waals surface area contributed by atoms with Gasteiger partial charge in [-0.3, -0.25) is 9.69 Å². The number of carbonyl (C=O) groups excluding carboxylic acids is 1. The van der Waals surface area contributed by atoms with Crippen molar-refractivity contribution in [1.29, 1.82) is 0 Å². The lowest BCUT2D eigenvalue weighted by atomic mass is 9.84. The summed E-state index contributed by atoms with van der Waals surface area (Å²) in [5.74, 6) is 2.44. The molecular formula is C22H25NO7. The molecule has 1 N–H and O–H groups in total. The predicted molar refractivity (Wildman–Crippen MR) is 108 cm³/mol. The number of hydrogen-bond acceptors (Lipinski definition) is 8. The van der Waals surface area contributed by atoms with Gasteiger partial charge in [-0.1, -0.05) is 6.07 Å². The van der Waals surface area contributed by atoms with Crippen molar-refractivity contribution in [3.8, 4) is 28.7 Å². The van der Waals surface area contributed by atoms with Crippen LogP contribution in [0.3, 0.4) is 0 Å². The maximum absolute atomic E-state index is 11.9. The number of fused-ring (bicyclic) bond motifs is 2. The fraction of sp³-hybridized carbons (Fsp3) is 0.409. The van der Waals surface area contributed by atoms with Gasteiger partial charge in [0.05, 0.1) is 39.0 Å². The van der Waals surface area contributed by atoms with E-state index in [1.807, 2.05) is 18.0 Å². The fourth-order valence-corrected chi connectivity index (χ4v) is 4.38. The number of nitrogens with zero attached hydrogens (tertiary/aromatic N) is 1. The molecule has 0 unspecified atom stereocenters. The summed E-state index contributed by atoms with van der Waals surface area (Å²) in [7, 11) is 6.47. The van der Waals surface area contributed by atoms with Crippen molar-refractivity contribution >= 4 is 6.29 Å². The molecule has 8 heteroatoms. The number of aliphatic hydroxyl groups excluding tert-OH is 1. The van der Waals surface area contributed by atoms with E-state index in [1.54, 1.807) is 19.2 Å². The van der Waals surface area contributed by atoms with Gasteiger partial charge in [0.1, 0.15) is 0 Å². The first kappa shape index (κ1) is 20.3. The van der Waals surface area contributed by atoms with Crippen molar-refractivity contribution in [3.05, 3.63) is 40.5 Å². The van der Waals surface area contributed by atoms with E-state index >= 15 is 0 Å². The molecule has 0 bridgehead atoms. The van der Waals surface area contributed by atoms with E-state index in [1.165, 1.54) is 14.2 Å². The van der Waals surface area contributed by atoms with Crippen LogP contribution in [0.4, 0.5) is 0 Å². The van der Waals surface area contributed by atoms with E-state index in [0.29, 0.717) is 40.6 Å². The number of likely N-dealkylation sites (N-methyl/N-ethyl adjacent to an activating group) is 1. The summed E-state index contributed by atoms with van der Waals surface area (Å²) in [6.45, 7) is 0.851. The first-order valence-electron chi connectivity index (χ1n) is 9.63. The molecule has 0 radical (unpaired) electrons. The predicted octanol–water partition coefficient (Wildman–Crippen LogP) is 2.52. The van der Waals surface area contributed by atoms with Crippen molar-refractivity contribution in [1.82, 2.24) is 4.90 Å². The first-order chi connectivity index (χ1) is 14.5. The van der Waals surface area contributed by atoms with Crippen LogP contribution in [0, 0.1) is 0 Å². The van der Waals surface area contributed by atoms with Crippen molar-refractivity contribution in [3.63, 3.8) is 0 Å². The van der Waals surface area contributed by atoms with Crippen LogP contribution in [0.2, 0.25) is 0 Å². The minimum atomic E-state index is -1.02. The number of aldehydes is 1. The van der Waals surface area contributed by atoms with Crippen LogP contribution in [0.25, 0.3) is 0 Å². The van der Waals surface area contributed by atoms with E-state index < -0.39 is 12.1 Å². The average molecular weight is 415 g/mol. The highest BCUT2D eigenvalue weighted by atomic mass is 16.7. The van der Waals surface area contributed by atoms with Gasteiger partial charge in [0.25, 0.3) is 0 Å². The molecule has 4 rings (SSSR count). The molecule has 0 spiro atoms. The summed E-state index contributed by atoms with van der Waals surface area (Å²) < 4.78 is 27.6. The Morgan fingerprint density at radius 2 is 1.93 bits per heavy atom. The zero-order valence-electron chi connectivity index (χ0n) is 17.4. The van der Waals surface area contributed by atoms with Crippen LogP contribution in [0.15, 0.2) is 18.2 Å². The lowest BCUT2D eigenvalue weighted by molar-refractivity contribution is 0.0533. The Bertz CT molecular complexity index is 975. The second-order valence-electron chi connectivity index (χ2n) is 7.26. The van der Waals surface area contributed by atoms with Crippen molar-refractivity contribution in [2.45, 2.75) is 18.6 Å². The molecule has 2 atom stereocenters. The molecule has 2 heterocycles. The second kappa shape index (κ2) is 8.04. The molecule has 8 nitrogen and oxygen atoms in total. The highest BCUT2D eigenvalue weighted by Crippen LogP contribution is 2.52. The van der Waals surface area contributed by atoms with Crippen molar-refractivity contribution in [2.24, 2.45) is 0 Å². The molecule has 0 saturated carbocycles. The van der Waals surface area contributed by atoms with Gasteiger partial charge in [0.15, 0.2) is 29.3 Å². The van der Waals surface area contributed by atoms with Crippen LogP contribution in [0.1, 0.15) is 39.2 Å². The largest absolute Gasteiger partial charge is 0.493 e. The van der Waals surface area contributed by atoms with Gasteiger partial charge in [-0.2, -0.15) is 0 Å². The summed E-state index contributed by atoms with van der Waals surface area (Å²) in [4.78, 5) is 14.0. The highest BCUT2D eigenvalue weighted by Gasteiger charge is 2.39. The average Bonchev–Trinajstić information content (AvgIpc) is 3.24. The topological polar surface area (TPSA) is 86.7 Å². The van der Waals surface area contributed by atoms with Gasteiger partial charge < -0.3 is 28.8 Å². The van der Waals surface area contributed by atoms with Gasteiger partial charge in [0, 0.05) is 12.1 Å². The van der Waals surface area contributed by atoms with E-state index in [9.17, 15) is 9.90 Å². The number of methoxy groups -OCH3 is 3. The smallest absolute Gasteiger partial charge is 0.231 e. The number of aliphatic hydroxyl groups is 1. The van der Waals surface area contributed by atoms with Gasteiger partial charge in [0.2, 0.25) is 12.5 Å². The molecule has 0 aromatic heterocycles. The number of hydrogen-bond donors (Lipinski definition) is 1. The number of ether oxygens (including phenoxy) is 5. The maximum atomic E-state index is 11.9. The molecule has 2 aliphatic rings. The monoisotopic (exact) mass is 415 g/mol. The summed E-state index contributed by atoms with van der Waals surface area (Å²) in [6, 6.07) is 4.86. The van der Waals surface area contributed by atoms with Gasteiger partial charge in [-0.25, -0.2) is 0 Å². The summed E-state index contributed by atoms with van der Waals surface area (Å²) in [6.07, 6.45) is 0.429. The Balaban J connectivity index is 1.88. The lowest BCUT2D eigenvalue weighted by Gasteiger charge is -2.39. The fourth-order valence-electron chi connectivity index (χ4n) is 4.38. The molecule has 2 aliphatic heterocycles. The Morgan fingerprint density at radius 3 is 2.60 bits per heavy atom. The zero-order chi connectivity index (χ0) is 21.4. The maximum Gasteiger partial charge on any atom is 0.231 e. The Hall–Kier alpha value is -2.97. The minimum Gasteiger partial charge on any atom is -0.493 e. The van der Waals surface area contributed by atoms with E-state index in [2.05, 4.69) is 0 Å². The van der Waals surface area contributed by atoms with E-state index in [4.69, 9.17) is 23.7 Å². The molecule has 0 aliphatic carbocycles. The number of benzene rings is 2. The van der Waals surface area contributed by atoms with Gasteiger partial charge in [-0.15, -0.1) is 0 Å². The van der Waals surface area contributed by atoms with Crippen LogP contribution < -0.4 is 23.7 Å². The van der Waals surface area contributed by atoms with Gasteiger partial charge in [-0.05, 0) is 36.7 Å². The molecule has 0 amide bonds. The van der Waals surface area contributed by atoms with Crippen LogP contribution in [-0.4, -0.2) is 58.0 Å². The highest BCUT2D eigenvalue weighted by molar-refractivity contribution is 5.84. The number of carbonyl (C=O) groups is 1. The first-order valence-corrected chi connectivity index (χ1v) is 9.63. The third kappa shape index (κ3) is 3.03. The quantitative estimate of drug-likeness (QED) is 0.721. The standard InChI is InChI=1S/C22H25NO7/c1-23-8-7-12-9-16-21(30-11-29-16)22(28-4)17(12)18(23)19(25)13-5-6-15(26-2)20(27-3)14(13)10-24/h5-6,9-10,18-19,25H,7-8,11H2,1-4H3/t18-,19+/m1/s1. The third-order valence-electron chi connectivity index (χ3n) is 5.81. The Labute approximate surface area is 174 Å². The van der Waals surface area contributed by atoms with E-state index in [-0.39, 0.29) is 12.4 Å². The normalized spacial score (nSPS) is 18.5. The summed E-state index contributed by atoms with van der Waals surface area (Å²) in [5.41, 5.74) is 2.55. The molecule has 2 aromatic rings. The van der Waals surface area contributed by atoms with E-state index in [0.717, 1.165) is 24.1 Å². The lowest BCUT2D eigenvalue weighted by Crippen LogP contribution is -2.36. The van der Waals surface area contributed by atoms with Gasteiger partial charge >= 0.3 is 0 Å². The molecular weight excluding hydrogens is 390 g/mol. The molecule has 0 saturated heterocycles. The third-order valence-corrected chi connectivity index (χ3v) is 5.81. The van der Waals surface area contributed by atoms with Crippen LogP contribution in [0.5, 0.6) is 28.7 Å². The summed E-state index contributed by atoms with van der Waals surface area (Å²) in [5, 5.41) is 11.5. The van der Waals surface area contributed by atoms with Crippen LogP contribution >= 0.6 is 0 Å². The SMILES string of the molecule is COc1ccc([C@H](O)[C@H]2c3c(cc4c(c3OC)OCO4)CCN2C)c(C=O)c1OC.